The summed E-state index contributed by atoms with van der Waals surface area (Å²) in [6, 6.07) is 20.0. The van der Waals surface area contributed by atoms with Gasteiger partial charge in [0.25, 0.3) is 5.56 Å². The molecule has 8 heteroatoms. The van der Waals surface area contributed by atoms with Gasteiger partial charge in [0.15, 0.2) is 4.80 Å². The van der Waals surface area contributed by atoms with Crippen LogP contribution in [-0.4, -0.2) is 10.5 Å². The number of hydrogen-bond donors (Lipinski definition) is 0. The Balaban J connectivity index is 1.58. The Morgan fingerprint density at radius 3 is 2.59 bits per heavy atom. The molecule has 0 bridgehead atoms. The predicted octanol–water partition coefficient (Wildman–Crippen LogP) is 4.69. The van der Waals surface area contributed by atoms with Gasteiger partial charge < -0.3 is 4.74 Å². The van der Waals surface area contributed by atoms with Gasteiger partial charge in [0.2, 0.25) is 0 Å². The van der Waals surface area contributed by atoms with Gasteiger partial charge in [-0.15, -0.1) is 11.3 Å². The van der Waals surface area contributed by atoms with Crippen LogP contribution in [0, 0.1) is 0 Å². The summed E-state index contributed by atoms with van der Waals surface area (Å²) in [7, 11) is 0. The van der Waals surface area contributed by atoms with Crippen molar-refractivity contribution in [1.82, 2.24) is 4.57 Å². The Bertz CT molecular complexity index is 1550. The normalized spacial score (nSPS) is 15.7. The molecule has 0 radical (unpaired) electrons. The Kier molecular flexibility index (Phi) is 6.32. The van der Waals surface area contributed by atoms with Gasteiger partial charge in [-0.1, -0.05) is 71.5 Å². The molecule has 4 aromatic rings. The number of aromatic nitrogens is 1. The standard InChI is InChI=1S/C26H19ClN2O3S2/c1-16-22(25(31)32-15-18-6-3-2-4-7-18)23(20-8-5-13-33-20)29-24(30)21(34-26(29)28-16)14-17-9-11-19(27)12-10-17/h2-14,23H,15H2,1H3/b21-14+. The van der Waals surface area contributed by atoms with Gasteiger partial charge in [-0.05, 0) is 47.7 Å². The van der Waals surface area contributed by atoms with Gasteiger partial charge >= 0.3 is 5.97 Å². The molecule has 34 heavy (non-hydrogen) atoms. The van der Waals surface area contributed by atoms with Crippen LogP contribution in [0.3, 0.4) is 0 Å². The lowest BCUT2D eigenvalue weighted by molar-refractivity contribution is -0.140. The summed E-state index contributed by atoms with van der Waals surface area (Å²) >= 11 is 8.78. The van der Waals surface area contributed by atoms with Crippen LogP contribution in [0.4, 0.5) is 0 Å². The molecular weight excluding hydrogens is 488 g/mol. The van der Waals surface area contributed by atoms with Crippen molar-refractivity contribution in [2.75, 3.05) is 0 Å². The molecule has 0 saturated carbocycles. The molecule has 0 aliphatic carbocycles. The largest absolute Gasteiger partial charge is 0.457 e. The molecule has 1 atom stereocenters. The Morgan fingerprint density at radius 1 is 1.12 bits per heavy atom. The highest BCUT2D eigenvalue weighted by atomic mass is 35.5. The predicted molar refractivity (Wildman–Crippen MR) is 136 cm³/mol. The van der Waals surface area contributed by atoms with Gasteiger partial charge in [0, 0.05) is 9.90 Å². The fourth-order valence-electron chi connectivity index (χ4n) is 3.81. The van der Waals surface area contributed by atoms with Crippen LogP contribution >= 0.6 is 34.3 Å². The fourth-order valence-corrected chi connectivity index (χ4v) is 5.81. The Labute approximate surface area is 208 Å². The first-order chi connectivity index (χ1) is 16.5. The molecule has 0 fully saturated rings. The summed E-state index contributed by atoms with van der Waals surface area (Å²) in [5.74, 6) is -0.476. The number of rotatable bonds is 5. The van der Waals surface area contributed by atoms with Crippen LogP contribution in [-0.2, 0) is 16.1 Å². The molecule has 0 spiro atoms. The van der Waals surface area contributed by atoms with Gasteiger partial charge in [-0.3, -0.25) is 9.36 Å². The Morgan fingerprint density at radius 2 is 1.88 bits per heavy atom. The van der Waals surface area contributed by atoms with Gasteiger partial charge in [-0.25, -0.2) is 9.79 Å². The van der Waals surface area contributed by atoms with Gasteiger partial charge in [0.05, 0.1) is 15.8 Å². The monoisotopic (exact) mass is 506 g/mol. The number of hydrogen-bond acceptors (Lipinski definition) is 6. The Hall–Kier alpha value is -3.26. The minimum Gasteiger partial charge on any atom is -0.457 e. The van der Waals surface area contributed by atoms with Crippen LogP contribution in [0.25, 0.3) is 6.08 Å². The number of carbonyl (C=O) groups is 1. The number of nitrogens with zero attached hydrogens (tertiary/aromatic N) is 2. The summed E-state index contributed by atoms with van der Waals surface area (Å²) in [4.78, 5) is 32.9. The lowest BCUT2D eigenvalue weighted by atomic mass is 10.0. The molecule has 0 amide bonds. The number of halogens is 1. The lowest BCUT2D eigenvalue weighted by Gasteiger charge is -2.23. The molecule has 5 rings (SSSR count). The molecule has 1 unspecified atom stereocenters. The van der Waals surface area contributed by atoms with E-state index in [0.717, 1.165) is 16.0 Å². The van der Waals surface area contributed by atoms with E-state index < -0.39 is 12.0 Å². The van der Waals surface area contributed by atoms with Crippen molar-refractivity contribution in [2.24, 2.45) is 4.99 Å². The first kappa shape index (κ1) is 22.5. The highest BCUT2D eigenvalue weighted by molar-refractivity contribution is 7.10. The molecule has 170 valence electrons. The van der Waals surface area contributed by atoms with Crippen molar-refractivity contribution >= 4 is 46.3 Å². The molecule has 1 aliphatic heterocycles. The van der Waals surface area contributed by atoms with Crippen LogP contribution in [0.5, 0.6) is 0 Å². The zero-order valence-electron chi connectivity index (χ0n) is 18.1. The van der Waals surface area contributed by atoms with Crippen molar-refractivity contribution in [3.8, 4) is 0 Å². The van der Waals surface area contributed by atoms with Crippen LogP contribution in [0.1, 0.15) is 29.0 Å². The summed E-state index contributed by atoms with van der Waals surface area (Å²) in [5, 5.41) is 2.56. The van der Waals surface area contributed by atoms with Gasteiger partial charge in [0.1, 0.15) is 12.6 Å². The molecule has 5 nitrogen and oxygen atoms in total. The minimum atomic E-state index is -0.591. The maximum Gasteiger partial charge on any atom is 0.338 e. The van der Waals surface area contributed by atoms with Crippen molar-refractivity contribution in [3.63, 3.8) is 0 Å². The molecule has 3 heterocycles. The first-order valence-corrected chi connectivity index (χ1v) is 12.6. The molecule has 1 aliphatic rings. The van der Waals surface area contributed by atoms with E-state index in [1.807, 2.05) is 66.1 Å². The average molecular weight is 507 g/mol. The second kappa shape index (κ2) is 9.54. The van der Waals surface area contributed by atoms with Crippen LogP contribution in [0.2, 0.25) is 5.02 Å². The van der Waals surface area contributed by atoms with E-state index in [0.29, 0.717) is 25.6 Å². The smallest absolute Gasteiger partial charge is 0.338 e. The number of esters is 1. The third-order valence-corrected chi connectivity index (χ3v) is 7.59. The SMILES string of the molecule is CC1=C(C(=O)OCc2ccccc2)C(c2cccs2)n2c(s/c(=C/c3ccc(Cl)cc3)c2=O)=N1. The van der Waals surface area contributed by atoms with E-state index in [9.17, 15) is 9.59 Å². The minimum absolute atomic E-state index is 0.147. The zero-order chi connectivity index (χ0) is 23.7. The number of thiazole rings is 1. The van der Waals surface area contributed by atoms with Crippen molar-refractivity contribution in [2.45, 2.75) is 19.6 Å². The van der Waals surface area contributed by atoms with Crippen molar-refractivity contribution in [1.29, 1.82) is 0 Å². The third-order valence-electron chi connectivity index (χ3n) is 5.43. The maximum absolute atomic E-state index is 13.5. The zero-order valence-corrected chi connectivity index (χ0v) is 20.5. The molecule has 2 aromatic carbocycles. The second-order valence-electron chi connectivity index (χ2n) is 7.71. The average Bonchev–Trinajstić information content (AvgIpc) is 3.47. The van der Waals surface area contributed by atoms with E-state index in [2.05, 4.69) is 4.99 Å². The fraction of sp³-hybridized carbons (Fsp3) is 0.115. The molecule has 0 N–H and O–H groups in total. The van der Waals surface area contributed by atoms with E-state index in [1.165, 1.54) is 22.7 Å². The highest BCUT2D eigenvalue weighted by Crippen LogP contribution is 2.33. The number of carbonyl (C=O) groups excluding carboxylic acids is 1. The summed E-state index contributed by atoms with van der Waals surface area (Å²) in [6.45, 7) is 1.94. The number of thiophene rings is 1. The third kappa shape index (κ3) is 4.42. The van der Waals surface area contributed by atoms with E-state index >= 15 is 0 Å². The summed E-state index contributed by atoms with van der Waals surface area (Å²) < 4.78 is 7.79. The highest BCUT2D eigenvalue weighted by Gasteiger charge is 2.34. The van der Waals surface area contributed by atoms with E-state index in [4.69, 9.17) is 16.3 Å². The molecule has 0 saturated heterocycles. The van der Waals surface area contributed by atoms with Crippen LogP contribution < -0.4 is 14.9 Å². The van der Waals surface area contributed by atoms with E-state index in [1.54, 1.807) is 23.6 Å². The number of allylic oxidation sites excluding steroid dienone is 1. The summed E-state index contributed by atoms with van der Waals surface area (Å²) in [6.07, 6.45) is 1.82. The lowest BCUT2D eigenvalue weighted by Crippen LogP contribution is -2.39. The maximum atomic E-state index is 13.5. The number of benzene rings is 2. The number of ether oxygens (including phenoxy) is 1. The van der Waals surface area contributed by atoms with E-state index in [-0.39, 0.29) is 12.2 Å². The van der Waals surface area contributed by atoms with Crippen molar-refractivity contribution in [3.05, 3.63) is 124 Å². The summed E-state index contributed by atoms with van der Waals surface area (Å²) in [5.41, 5.74) is 2.49. The van der Waals surface area contributed by atoms with Crippen LogP contribution in [0.15, 0.2) is 93.2 Å². The van der Waals surface area contributed by atoms with Crippen molar-refractivity contribution < 1.29 is 9.53 Å². The molecule has 2 aromatic heterocycles. The van der Waals surface area contributed by atoms with Gasteiger partial charge in [-0.2, -0.15) is 0 Å². The quantitative estimate of drug-likeness (QED) is 0.369. The topological polar surface area (TPSA) is 60.7 Å². The first-order valence-electron chi connectivity index (χ1n) is 10.5. The molecular formula is C26H19ClN2O3S2. The number of fused-ring (bicyclic) bond motifs is 1. The second-order valence-corrected chi connectivity index (χ2v) is 10.1.